The number of nitrogens with zero attached hydrogens (tertiary/aromatic N) is 2. The molecule has 4 rings (SSSR count). The second-order valence-corrected chi connectivity index (χ2v) is 14.6. The largest absolute Gasteiger partial charge is 0.492 e. The van der Waals surface area contributed by atoms with Crippen LogP contribution in [-0.4, -0.2) is 49.9 Å². The standard InChI is InChI=1S/C36H39Cl2N3O5S/c1-5-46-33-22-13-12-21-31(33)41(47(44,45)27-17-10-7-11-18-27)25-34(42)40(24-28-29(37)19-14-20-30(28)38)32(35(43)39-36(2,3)4)23-26-15-8-6-9-16-26/h6-22,32H,5,23-25H2,1-4H3,(H,39,43). The van der Waals surface area contributed by atoms with Crippen molar-refractivity contribution in [2.45, 2.75) is 57.1 Å². The first kappa shape index (κ1) is 35.8. The number of hydrogen-bond acceptors (Lipinski definition) is 5. The number of anilines is 1. The quantitative estimate of drug-likeness (QED) is 0.160. The lowest BCUT2D eigenvalue weighted by atomic mass is 10.0. The van der Waals surface area contributed by atoms with Crippen molar-refractivity contribution in [2.75, 3.05) is 17.5 Å². The molecule has 4 aromatic carbocycles. The van der Waals surface area contributed by atoms with Gasteiger partial charge in [0.1, 0.15) is 18.3 Å². The molecule has 0 aliphatic carbocycles. The first-order valence-electron chi connectivity index (χ1n) is 15.2. The summed E-state index contributed by atoms with van der Waals surface area (Å²) in [6, 6.07) is 27.7. The molecule has 1 unspecified atom stereocenters. The Hall–Kier alpha value is -4.05. The third-order valence-corrected chi connectivity index (χ3v) is 9.69. The number of nitrogens with one attached hydrogen (secondary N) is 1. The molecule has 8 nitrogen and oxygen atoms in total. The van der Waals surface area contributed by atoms with Crippen molar-refractivity contribution in [3.8, 4) is 5.75 Å². The molecule has 2 amide bonds. The van der Waals surface area contributed by atoms with Crippen molar-refractivity contribution >= 4 is 50.7 Å². The van der Waals surface area contributed by atoms with Gasteiger partial charge in [-0.25, -0.2) is 8.42 Å². The molecule has 1 N–H and O–H groups in total. The molecule has 0 aliphatic heterocycles. The number of carbonyl (C=O) groups is 2. The number of halogens is 2. The maximum absolute atomic E-state index is 14.7. The van der Waals surface area contributed by atoms with Gasteiger partial charge in [0.15, 0.2) is 0 Å². The zero-order valence-electron chi connectivity index (χ0n) is 26.8. The average Bonchev–Trinajstić information content (AvgIpc) is 3.03. The summed E-state index contributed by atoms with van der Waals surface area (Å²) < 4.78 is 35.4. The second-order valence-electron chi connectivity index (χ2n) is 11.9. The summed E-state index contributed by atoms with van der Waals surface area (Å²) in [6.45, 7) is 6.81. The predicted molar refractivity (Wildman–Crippen MR) is 187 cm³/mol. The lowest BCUT2D eigenvalue weighted by Gasteiger charge is -2.35. The van der Waals surface area contributed by atoms with Crippen LogP contribution < -0.4 is 14.4 Å². The fourth-order valence-corrected chi connectivity index (χ4v) is 7.00. The van der Waals surface area contributed by atoms with E-state index in [2.05, 4.69) is 5.32 Å². The zero-order chi connectivity index (χ0) is 34.2. The van der Waals surface area contributed by atoms with Crippen LogP contribution in [-0.2, 0) is 32.6 Å². The van der Waals surface area contributed by atoms with E-state index in [1.54, 1.807) is 67.6 Å². The number of carbonyl (C=O) groups excluding carboxylic acids is 2. The van der Waals surface area contributed by atoms with Gasteiger partial charge in [0.25, 0.3) is 10.0 Å². The van der Waals surface area contributed by atoms with Crippen LogP contribution in [0.4, 0.5) is 5.69 Å². The Bertz CT molecular complexity index is 1760. The van der Waals surface area contributed by atoms with Crippen LogP contribution in [0, 0.1) is 0 Å². The normalized spacial score (nSPS) is 12.2. The highest BCUT2D eigenvalue weighted by atomic mass is 35.5. The van der Waals surface area contributed by atoms with Crippen molar-refractivity contribution in [3.63, 3.8) is 0 Å². The van der Waals surface area contributed by atoms with Crippen molar-refractivity contribution in [1.29, 1.82) is 0 Å². The Balaban J connectivity index is 1.88. The Kier molecular flexibility index (Phi) is 12.0. The minimum atomic E-state index is -4.29. The molecule has 0 saturated heterocycles. The Morgan fingerprint density at radius 1 is 0.830 bits per heavy atom. The van der Waals surface area contributed by atoms with Gasteiger partial charge in [-0.1, -0.05) is 89.9 Å². The van der Waals surface area contributed by atoms with E-state index in [1.807, 2.05) is 51.1 Å². The van der Waals surface area contributed by atoms with Gasteiger partial charge in [-0.15, -0.1) is 0 Å². The SMILES string of the molecule is CCOc1ccccc1N(CC(=O)N(Cc1c(Cl)cccc1Cl)C(Cc1ccccc1)C(=O)NC(C)(C)C)S(=O)(=O)c1ccccc1. The molecule has 11 heteroatoms. The molecule has 0 bridgehead atoms. The zero-order valence-corrected chi connectivity index (χ0v) is 29.1. The van der Waals surface area contributed by atoms with E-state index in [-0.39, 0.29) is 35.9 Å². The average molecular weight is 697 g/mol. The lowest BCUT2D eigenvalue weighted by molar-refractivity contribution is -0.140. The maximum Gasteiger partial charge on any atom is 0.264 e. The summed E-state index contributed by atoms with van der Waals surface area (Å²) in [6.07, 6.45) is 0.150. The fraction of sp³-hybridized carbons (Fsp3) is 0.278. The molecule has 0 aliphatic rings. The van der Waals surface area contributed by atoms with Crippen LogP contribution in [0.15, 0.2) is 108 Å². The van der Waals surface area contributed by atoms with E-state index in [4.69, 9.17) is 27.9 Å². The van der Waals surface area contributed by atoms with Crippen LogP contribution in [0.3, 0.4) is 0 Å². The van der Waals surface area contributed by atoms with E-state index in [1.165, 1.54) is 17.0 Å². The summed E-state index contributed by atoms with van der Waals surface area (Å²) in [7, 11) is -4.29. The highest BCUT2D eigenvalue weighted by Gasteiger charge is 2.37. The van der Waals surface area contributed by atoms with Crippen LogP contribution in [0.5, 0.6) is 5.75 Å². The summed E-state index contributed by atoms with van der Waals surface area (Å²) in [5.74, 6) is -0.767. The van der Waals surface area contributed by atoms with Gasteiger partial charge in [0, 0.05) is 34.1 Å². The highest BCUT2D eigenvalue weighted by molar-refractivity contribution is 7.92. The number of sulfonamides is 1. The monoisotopic (exact) mass is 695 g/mol. The minimum absolute atomic E-state index is 0.00823. The van der Waals surface area contributed by atoms with Crippen molar-refractivity contribution in [2.24, 2.45) is 0 Å². The molecule has 0 radical (unpaired) electrons. The first-order valence-corrected chi connectivity index (χ1v) is 17.4. The molecular formula is C36H39Cl2N3O5S. The van der Waals surface area contributed by atoms with E-state index in [9.17, 15) is 18.0 Å². The van der Waals surface area contributed by atoms with E-state index < -0.39 is 40.0 Å². The first-order chi connectivity index (χ1) is 22.3. The lowest BCUT2D eigenvalue weighted by Crippen LogP contribution is -2.56. The number of amides is 2. The third kappa shape index (κ3) is 9.28. The topological polar surface area (TPSA) is 96.0 Å². The van der Waals surface area contributed by atoms with Gasteiger partial charge in [-0.05, 0) is 69.7 Å². The Morgan fingerprint density at radius 2 is 1.40 bits per heavy atom. The number of rotatable bonds is 13. The molecular weight excluding hydrogens is 657 g/mol. The Labute approximate surface area is 287 Å². The van der Waals surface area contributed by atoms with Crippen molar-refractivity contribution in [1.82, 2.24) is 10.2 Å². The van der Waals surface area contributed by atoms with Crippen LogP contribution in [0.1, 0.15) is 38.8 Å². The van der Waals surface area contributed by atoms with Gasteiger partial charge in [0.2, 0.25) is 11.8 Å². The van der Waals surface area contributed by atoms with Gasteiger partial charge in [-0.2, -0.15) is 0 Å². The van der Waals surface area contributed by atoms with Crippen molar-refractivity contribution in [3.05, 3.63) is 124 Å². The van der Waals surface area contributed by atoms with Gasteiger partial charge in [0.05, 0.1) is 17.2 Å². The molecule has 0 aromatic heterocycles. The number of para-hydroxylation sites is 2. The van der Waals surface area contributed by atoms with E-state index >= 15 is 0 Å². The summed E-state index contributed by atoms with van der Waals surface area (Å²) >= 11 is 13.2. The number of hydrogen-bond donors (Lipinski definition) is 1. The summed E-state index contributed by atoms with van der Waals surface area (Å²) in [5.41, 5.74) is 0.793. The van der Waals surface area contributed by atoms with Gasteiger partial charge in [-0.3, -0.25) is 13.9 Å². The fourth-order valence-electron chi connectivity index (χ4n) is 5.03. The van der Waals surface area contributed by atoms with Crippen LogP contribution in [0.25, 0.3) is 0 Å². The second kappa shape index (κ2) is 15.7. The van der Waals surface area contributed by atoms with E-state index in [0.29, 0.717) is 15.6 Å². The molecule has 248 valence electrons. The molecule has 47 heavy (non-hydrogen) atoms. The van der Waals surface area contributed by atoms with Crippen LogP contribution >= 0.6 is 23.2 Å². The molecule has 0 heterocycles. The molecule has 1 atom stereocenters. The highest BCUT2D eigenvalue weighted by Crippen LogP contribution is 2.33. The molecule has 0 spiro atoms. The maximum atomic E-state index is 14.7. The molecule has 4 aromatic rings. The number of benzene rings is 4. The molecule has 0 fully saturated rings. The van der Waals surface area contributed by atoms with Crippen molar-refractivity contribution < 1.29 is 22.7 Å². The van der Waals surface area contributed by atoms with E-state index in [0.717, 1.165) is 9.87 Å². The number of ether oxygens (including phenoxy) is 1. The molecule has 0 saturated carbocycles. The van der Waals surface area contributed by atoms with Gasteiger partial charge < -0.3 is 15.0 Å². The summed E-state index contributed by atoms with van der Waals surface area (Å²) in [5, 5.41) is 3.62. The third-order valence-electron chi connectivity index (χ3n) is 7.20. The predicted octanol–water partition coefficient (Wildman–Crippen LogP) is 7.14. The minimum Gasteiger partial charge on any atom is -0.492 e. The Morgan fingerprint density at radius 3 is 2.00 bits per heavy atom. The summed E-state index contributed by atoms with van der Waals surface area (Å²) in [4.78, 5) is 30.1. The van der Waals surface area contributed by atoms with Crippen LogP contribution in [0.2, 0.25) is 10.0 Å². The van der Waals surface area contributed by atoms with Gasteiger partial charge >= 0.3 is 0 Å². The smallest absolute Gasteiger partial charge is 0.264 e.